The monoisotopic (exact) mass is 504 g/mol. The molecule has 1 saturated carbocycles. The van der Waals surface area contributed by atoms with Gasteiger partial charge in [-0.15, -0.1) is 24.0 Å². The predicted molar refractivity (Wildman–Crippen MR) is 128 cm³/mol. The fourth-order valence-electron chi connectivity index (χ4n) is 3.18. The molecule has 152 valence electrons. The highest BCUT2D eigenvalue weighted by Gasteiger charge is 2.22. The molecule has 27 heavy (non-hydrogen) atoms. The second-order valence-electron chi connectivity index (χ2n) is 6.72. The van der Waals surface area contributed by atoms with E-state index in [1.807, 2.05) is 30.0 Å². The molecule has 0 aliphatic heterocycles. The largest absolute Gasteiger partial charge is 0.356 e. The molecule has 1 aliphatic rings. The summed E-state index contributed by atoms with van der Waals surface area (Å²) in [5.74, 6) is 2.36. The molecule has 0 heterocycles. The zero-order chi connectivity index (χ0) is 18.6. The summed E-state index contributed by atoms with van der Waals surface area (Å²) in [6, 6.07) is 8.03. The fourth-order valence-corrected chi connectivity index (χ4v) is 3.67. The zero-order valence-corrected chi connectivity index (χ0v) is 19.6. The first-order chi connectivity index (χ1) is 12.7. The molecule has 7 heteroatoms. The third-order valence-electron chi connectivity index (χ3n) is 4.67. The van der Waals surface area contributed by atoms with E-state index in [1.54, 1.807) is 7.05 Å². The molecule has 1 aromatic carbocycles. The van der Waals surface area contributed by atoms with E-state index >= 15 is 0 Å². The molecule has 1 aromatic rings. The first-order valence-corrected chi connectivity index (χ1v) is 11.0. The Morgan fingerprint density at radius 1 is 1.22 bits per heavy atom. The van der Waals surface area contributed by atoms with Gasteiger partial charge in [0.1, 0.15) is 0 Å². The minimum absolute atomic E-state index is 0. The van der Waals surface area contributed by atoms with Crippen molar-refractivity contribution in [2.75, 3.05) is 30.9 Å². The third-order valence-corrected chi connectivity index (χ3v) is 5.37. The van der Waals surface area contributed by atoms with Crippen LogP contribution < -0.4 is 16.0 Å². The fraction of sp³-hybridized carbons (Fsp3) is 0.600. The highest BCUT2D eigenvalue weighted by atomic mass is 127. The van der Waals surface area contributed by atoms with E-state index in [-0.39, 0.29) is 35.8 Å². The molecule has 2 rings (SSSR count). The van der Waals surface area contributed by atoms with Gasteiger partial charge in [-0.05, 0) is 55.4 Å². The normalized spacial score (nSPS) is 14.5. The van der Waals surface area contributed by atoms with Crippen LogP contribution >= 0.6 is 35.7 Å². The molecule has 3 N–H and O–H groups in total. The molecule has 0 atom stereocenters. The number of halogens is 1. The molecule has 0 saturated heterocycles. The van der Waals surface area contributed by atoms with Gasteiger partial charge in [-0.1, -0.05) is 25.0 Å². The van der Waals surface area contributed by atoms with Crippen molar-refractivity contribution < 1.29 is 4.79 Å². The Morgan fingerprint density at radius 2 is 2.00 bits per heavy atom. The van der Waals surface area contributed by atoms with Crippen molar-refractivity contribution in [1.29, 1.82) is 0 Å². The first kappa shape index (κ1) is 24.1. The standard InChI is InChI=1S/C20H32N4OS.HI/c1-21-20(22-12-5-6-13-26-2)23-15-16-8-7-11-18(14-16)24-19(25)17-9-3-4-10-17;/h7-8,11,14,17H,3-6,9-10,12-13,15H2,1-2H3,(H,24,25)(H2,21,22,23);1H. The molecule has 0 bridgehead atoms. The number of amides is 1. The average Bonchev–Trinajstić information content (AvgIpc) is 3.19. The van der Waals surface area contributed by atoms with Crippen LogP contribution in [0.3, 0.4) is 0 Å². The van der Waals surface area contributed by atoms with Gasteiger partial charge in [0.25, 0.3) is 0 Å². The molecule has 0 aromatic heterocycles. The van der Waals surface area contributed by atoms with E-state index in [1.165, 1.54) is 25.0 Å². The summed E-state index contributed by atoms with van der Waals surface area (Å²) in [7, 11) is 1.79. The summed E-state index contributed by atoms with van der Waals surface area (Å²) in [4.78, 5) is 16.5. The van der Waals surface area contributed by atoms with Crippen molar-refractivity contribution in [1.82, 2.24) is 10.6 Å². The number of hydrogen-bond acceptors (Lipinski definition) is 3. The number of rotatable bonds is 9. The average molecular weight is 504 g/mol. The van der Waals surface area contributed by atoms with E-state index in [0.29, 0.717) is 6.54 Å². The Hall–Kier alpha value is -0.960. The summed E-state index contributed by atoms with van der Waals surface area (Å²) in [5, 5.41) is 9.74. The van der Waals surface area contributed by atoms with Crippen LogP contribution in [0.2, 0.25) is 0 Å². The van der Waals surface area contributed by atoms with Crippen LogP contribution in [0, 0.1) is 5.92 Å². The summed E-state index contributed by atoms with van der Waals surface area (Å²) in [6.07, 6.45) is 8.88. The Kier molecular flexibility index (Phi) is 12.6. The van der Waals surface area contributed by atoms with Gasteiger partial charge in [0.05, 0.1) is 0 Å². The van der Waals surface area contributed by atoms with E-state index in [4.69, 9.17) is 0 Å². The Balaban J connectivity index is 0.00000364. The topological polar surface area (TPSA) is 65.5 Å². The van der Waals surface area contributed by atoms with Crippen molar-refractivity contribution in [2.24, 2.45) is 10.9 Å². The highest BCUT2D eigenvalue weighted by molar-refractivity contribution is 14.0. The van der Waals surface area contributed by atoms with E-state index in [0.717, 1.165) is 43.0 Å². The van der Waals surface area contributed by atoms with Crippen molar-refractivity contribution in [3.63, 3.8) is 0 Å². The second kappa shape index (κ2) is 14.1. The maximum absolute atomic E-state index is 12.3. The van der Waals surface area contributed by atoms with Crippen LogP contribution in [0.15, 0.2) is 29.3 Å². The van der Waals surface area contributed by atoms with Crippen molar-refractivity contribution >= 4 is 53.3 Å². The lowest BCUT2D eigenvalue weighted by atomic mass is 10.1. The molecule has 0 spiro atoms. The van der Waals surface area contributed by atoms with Gasteiger partial charge in [0, 0.05) is 31.7 Å². The first-order valence-electron chi connectivity index (χ1n) is 9.56. The van der Waals surface area contributed by atoms with Gasteiger partial charge in [-0.25, -0.2) is 0 Å². The zero-order valence-electron chi connectivity index (χ0n) is 16.4. The van der Waals surface area contributed by atoms with Crippen LogP contribution in [0.25, 0.3) is 0 Å². The van der Waals surface area contributed by atoms with Crippen LogP contribution in [0.1, 0.15) is 44.1 Å². The molecule has 1 aliphatic carbocycles. The maximum atomic E-state index is 12.3. The highest BCUT2D eigenvalue weighted by Crippen LogP contribution is 2.26. The SMILES string of the molecule is CN=C(NCCCCSC)NCc1cccc(NC(=O)C2CCCC2)c1.I. The Morgan fingerprint density at radius 3 is 2.70 bits per heavy atom. The summed E-state index contributed by atoms with van der Waals surface area (Å²) in [6.45, 7) is 1.61. The van der Waals surface area contributed by atoms with Crippen molar-refractivity contribution in [2.45, 2.75) is 45.1 Å². The number of carbonyl (C=O) groups excluding carboxylic acids is 1. The van der Waals surface area contributed by atoms with Gasteiger partial charge < -0.3 is 16.0 Å². The van der Waals surface area contributed by atoms with E-state index in [9.17, 15) is 4.79 Å². The van der Waals surface area contributed by atoms with E-state index in [2.05, 4.69) is 33.3 Å². The van der Waals surface area contributed by atoms with Gasteiger partial charge in [-0.2, -0.15) is 11.8 Å². The number of anilines is 1. The van der Waals surface area contributed by atoms with Crippen LogP contribution in [-0.4, -0.2) is 37.5 Å². The summed E-state index contributed by atoms with van der Waals surface area (Å²) < 4.78 is 0. The minimum atomic E-state index is 0. The number of benzene rings is 1. The second-order valence-corrected chi connectivity index (χ2v) is 7.71. The van der Waals surface area contributed by atoms with Crippen LogP contribution in [0.5, 0.6) is 0 Å². The van der Waals surface area contributed by atoms with Gasteiger partial charge in [0.2, 0.25) is 5.91 Å². The van der Waals surface area contributed by atoms with Gasteiger partial charge >= 0.3 is 0 Å². The minimum Gasteiger partial charge on any atom is -0.356 e. The number of aliphatic imine (C=N–C) groups is 1. The number of unbranched alkanes of at least 4 members (excludes halogenated alkanes) is 1. The van der Waals surface area contributed by atoms with Gasteiger partial charge in [0.15, 0.2) is 5.96 Å². The number of nitrogens with one attached hydrogen (secondary N) is 3. The molecule has 1 fully saturated rings. The Bertz CT molecular complexity index is 591. The molecule has 0 radical (unpaired) electrons. The Labute approximate surface area is 185 Å². The summed E-state index contributed by atoms with van der Waals surface area (Å²) >= 11 is 1.88. The molecule has 0 unspecified atom stereocenters. The van der Waals surface area contributed by atoms with Crippen LogP contribution in [0.4, 0.5) is 5.69 Å². The lowest BCUT2D eigenvalue weighted by Crippen LogP contribution is -2.37. The molecule has 1 amide bonds. The molecular weight excluding hydrogens is 471 g/mol. The predicted octanol–water partition coefficient (Wildman–Crippen LogP) is 4.24. The van der Waals surface area contributed by atoms with Gasteiger partial charge in [-0.3, -0.25) is 9.79 Å². The lowest BCUT2D eigenvalue weighted by Gasteiger charge is -2.14. The molecular formula is C20H33IN4OS. The summed E-state index contributed by atoms with van der Waals surface area (Å²) in [5.41, 5.74) is 2.00. The van der Waals surface area contributed by atoms with Crippen molar-refractivity contribution in [3.05, 3.63) is 29.8 Å². The van der Waals surface area contributed by atoms with Crippen molar-refractivity contribution in [3.8, 4) is 0 Å². The third kappa shape index (κ3) is 9.19. The molecule has 5 nitrogen and oxygen atoms in total. The van der Waals surface area contributed by atoms with E-state index < -0.39 is 0 Å². The smallest absolute Gasteiger partial charge is 0.227 e. The number of carbonyl (C=O) groups is 1. The number of guanidine groups is 1. The van der Waals surface area contributed by atoms with Crippen LogP contribution in [-0.2, 0) is 11.3 Å². The maximum Gasteiger partial charge on any atom is 0.227 e. The number of nitrogens with zero attached hydrogens (tertiary/aromatic N) is 1. The number of thioether (sulfide) groups is 1. The number of hydrogen-bond donors (Lipinski definition) is 3. The lowest BCUT2D eigenvalue weighted by molar-refractivity contribution is -0.119. The quantitative estimate of drug-likeness (QED) is 0.204.